The van der Waals surface area contributed by atoms with Crippen LogP contribution in [0, 0.1) is 21.4 Å². The monoisotopic (exact) mass is 246 g/mol. The number of aldehydes is 1. The average Bonchev–Trinajstić information content (AvgIpc) is 2.34. The third-order valence-electron chi connectivity index (χ3n) is 2.04. The predicted octanol–water partition coefficient (Wildman–Crippen LogP) is 1.38. The smallest absolute Gasteiger partial charge is 0.328 e. The van der Waals surface area contributed by atoms with E-state index in [1.54, 1.807) is 6.07 Å². The van der Waals surface area contributed by atoms with Crippen LogP contribution in [0.25, 0.3) is 6.08 Å². The van der Waals surface area contributed by atoms with Crippen molar-refractivity contribution in [1.82, 2.24) is 0 Å². The molecule has 1 rings (SSSR count). The number of nitro benzene ring substituents is 1. The maximum absolute atomic E-state index is 10.8. The van der Waals surface area contributed by atoms with Gasteiger partial charge in [-0.1, -0.05) is 0 Å². The molecular formula is C11H6N2O5. The molecule has 0 bridgehead atoms. The van der Waals surface area contributed by atoms with E-state index in [1.165, 1.54) is 6.07 Å². The third kappa shape index (κ3) is 2.76. The van der Waals surface area contributed by atoms with Gasteiger partial charge in [0.25, 0.3) is 5.69 Å². The van der Waals surface area contributed by atoms with Crippen molar-refractivity contribution in [3.05, 3.63) is 45.0 Å². The van der Waals surface area contributed by atoms with Gasteiger partial charge in [-0.2, -0.15) is 5.26 Å². The second-order valence-electron chi connectivity index (χ2n) is 3.16. The summed E-state index contributed by atoms with van der Waals surface area (Å²) in [5.41, 5.74) is -0.818. The summed E-state index contributed by atoms with van der Waals surface area (Å²) in [6, 6.07) is 3.86. The van der Waals surface area contributed by atoms with Crippen molar-refractivity contribution in [3.63, 3.8) is 0 Å². The minimum Gasteiger partial charge on any atom is -0.478 e. The number of benzene rings is 1. The molecule has 0 spiro atoms. The molecule has 0 heterocycles. The van der Waals surface area contributed by atoms with Crippen LogP contribution < -0.4 is 0 Å². The summed E-state index contributed by atoms with van der Waals surface area (Å²) in [5.74, 6) is -1.27. The molecule has 0 aliphatic carbocycles. The first-order chi connectivity index (χ1) is 8.49. The molecule has 0 atom stereocenters. The maximum Gasteiger partial charge on any atom is 0.328 e. The lowest BCUT2D eigenvalue weighted by Crippen LogP contribution is -1.99. The molecule has 0 unspecified atom stereocenters. The fourth-order valence-corrected chi connectivity index (χ4v) is 1.30. The molecule has 1 aromatic rings. The molecule has 0 saturated carbocycles. The van der Waals surface area contributed by atoms with E-state index in [-0.39, 0.29) is 23.0 Å². The second kappa shape index (κ2) is 5.36. The first kappa shape index (κ1) is 13.1. The molecule has 7 nitrogen and oxygen atoms in total. The zero-order valence-electron chi connectivity index (χ0n) is 8.86. The van der Waals surface area contributed by atoms with Crippen molar-refractivity contribution < 1.29 is 19.6 Å². The summed E-state index contributed by atoms with van der Waals surface area (Å²) < 4.78 is 0. The Bertz CT molecular complexity index is 598. The molecule has 0 radical (unpaired) electrons. The minimum atomic E-state index is -1.27. The summed E-state index contributed by atoms with van der Waals surface area (Å²) in [7, 11) is 0. The third-order valence-corrected chi connectivity index (χ3v) is 2.04. The number of carbonyl (C=O) groups is 2. The number of rotatable bonds is 4. The Hall–Kier alpha value is -3.01. The molecule has 0 aromatic heterocycles. The Kier molecular flexibility index (Phi) is 3.89. The fraction of sp³-hybridized carbons (Fsp3) is 0. The van der Waals surface area contributed by atoms with Gasteiger partial charge in [0.15, 0.2) is 6.29 Å². The van der Waals surface area contributed by atoms with Crippen LogP contribution in [0.3, 0.4) is 0 Å². The highest BCUT2D eigenvalue weighted by Crippen LogP contribution is 2.24. The molecule has 90 valence electrons. The van der Waals surface area contributed by atoms with Crippen LogP contribution in [-0.4, -0.2) is 22.3 Å². The average molecular weight is 246 g/mol. The van der Waals surface area contributed by atoms with Gasteiger partial charge in [-0.3, -0.25) is 14.9 Å². The number of nitro groups is 1. The number of nitrogens with zero attached hydrogens (tertiary/aromatic N) is 2. The molecule has 1 N–H and O–H groups in total. The van der Waals surface area contributed by atoms with Gasteiger partial charge >= 0.3 is 5.97 Å². The van der Waals surface area contributed by atoms with Crippen LogP contribution in [0.5, 0.6) is 0 Å². The van der Waals surface area contributed by atoms with E-state index in [1.807, 2.05) is 0 Å². The van der Waals surface area contributed by atoms with Gasteiger partial charge in [0.05, 0.1) is 22.1 Å². The van der Waals surface area contributed by atoms with Gasteiger partial charge < -0.3 is 5.11 Å². The lowest BCUT2D eigenvalue weighted by Gasteiger charge is -2.01. The summed E-state index contributed by atoms with van der Waals surface area (Å²) >= 11 is 0. The molecule has 1 aromatic carbocycles. The van der Waals surface area contributed by atoms with Crippen LogP contribution in [0.4, 0.5) is 5.69 Å². The SMILES string of the molecule is N#Cc1cc(/C=C/C(=O)O)c(C=O)c([N+](=O)[O-])c1. The first-order valence-corrected chi connectivity index (χ1v) is 4.58. The maximum atomic E-state index is 10.8. The molecule has 0 fully saturated rings. The van der Waals surface area contributed by atoms with Crippen molar-refractivity contribution >= 4 is 24.0 Å². The molecule has 0 saturated heterocycles. The topological polar surface area (TPSA) is 121 Å². The highest BCUT2D eigenvalue weighted by Gasteiger charge is 2.18. The van der Waals surface area contributed by atoms with E-state index >= 15 is 0 Å². The Balaban J connectivity index is 3.53. The number of carbonyl (C=O) groups excluding carboxylic acids is 1. The lowest BCUT2D eigenvalue weighted by molar-refractivity contribution is -0.385. The summed E-state index contributed by atoms with van der Waals surface area (Å²) in [5, 5.41) is 27.9. The molecule has 0 aliphatic heterocycles. The minimum absolute atomic E-state index is 0.0122. The highest BCUT2D eigenvalue weighted by molar-refractivity contribution is 5.92. The van der Waals surface area contributed by atoms with Gasteiger partial charge in [-0.25, -0.2) is 4.79 Å². The Labute approximate surface area is 101 Å². The van der Waals surface area contributed by atoms with Crippen molar-refractivity contribution in [3.8, 4) is 6.07 Å². The number of hydrogen-bond donors (Lipinski definition) is 1. The van der Waals surface area contributed by atoms with E-state index in [4.69, 9.17) is 10.4 Å². The van der Waals surface area contributed by atoms with Crippen LogP contribution in [0.1, 0.15) is 21.5 Å². The predicted molar refractivity (Wildman–Crippen MR) is 59.9 cm³/mol. The standard InChI is InChI=1S/C11H6N2O5/c12-5-7-3-8(1-2-11(15)16)9(6-14)10(4-7)13(17)18/h1-4,6H,(H,15,16)/b2-1+. The van der Waals surface area contributed by atoms with E-state index in [0.717, 1.165) is 18.2 Å². The molecule has 0 aliphatic rings. The quantitative estimate of drug-likeness (QED) is 0.370. The van der Waals surface area contributed by atoms with E-state index in [9.17, 15) is 19.7 Å². The zero-order chi connectivity index (χ0) is 13.7. The zero-order valence-corrected chi connectivity index (χ0v) is 8.86. The van der Waals surface area contributed by atoms with Crippen molar-refractivity contribution in [1.29, 1.82) is 5.26 Å². The van der Waals surface area contributed by atoms with E-state index < -0.39 is 16.6 Å². The number of carboxylic acids is 1. The van der Waals surface area contributed by atoms with E-state index in [0.29, 0.717) is 0 Å². The van der Waals surface area contributed by atoms with Gasteiger partial charge in [0.1, 0.15) is 0 Å². The van der Waals surface area contributed by atoms with Gasteiger partial charge in [0, 0.05) is 12.1 Å². The normalized spacial score (nSPS) is 9.94. The molecular weight excluding hydrogens is 240 g/mol. The number of hydrogen-bond acceptors (Lipinski definition) is 5. The lowest BCUT2D eigenvalue weighted by atomic mass is 10.0. The fourth-order valence-electron chi connectivity index (χ4n) is 1.30. The largest absolute Gasteiger partial charge is 0.478 e. The van der Waals surface area contributed by atoms with Crippen LogP contribution in [0.2, 0.25) is 0 Å². The van der Waals surface area contributed by atoms with Crippen molar-refractivity contribution in [2.24, 2.45) is 0 Å². The first-order valence-electron chi connectivity index (χ1n) is 4.58. The van der Waals surface area contributed by atoms with Crippen LogP contribution >= 0.6 is 0 Å². The number of aliphatic carboxylic acids is 1. The van der Waals surface area contributed by atoms with Gasteiger partial charge in [0.2, 0.25) is 0 Å². The van der Waals surface area contributed by atoms with Gasteiger partial charge in [-0.05, 0) is 17.7 Å². The second-order valence-corrected chi connectivity index (χ2v) is 3.16. The summed E-state index contributed by atoms with van der Waals surface area (Å²) in [6.07, 6.45) is 2.01. The Morgan fingerprint density at radius 3 is 2.61 bits per heavy atom. The number of nitriles is 1. The summed E-state index contributed by atoms with van der Waals surface area (Å²) in [6.45, 7) is 0. The van der Waals surface area contributed by atoms with Crippen molar-refractivity contribution in [2.45, 2.75) is 0 Å². The van der Waals surface area contributed by atoms with Crippen molar-refractivity contribution in [2.75, 3.05) is 0 Å². The highest BCUT2D eigenvalue weighted by atomic mass is 16.6. The molecule has 0 amide bonds. The van der Waals surface area contributed by atoms with Crippen LogP contribution in [0.15, 0.2) is 18.2 Å². The molecule has 18 heavy (non-hydrogen) atoms. The van der Waals surface area contributed by atoms with Gasteiger partial charge in [-0.15, -0.1) is 0 Å². The number of carboxylic acid groups (broad SMARTS) is 1. The Morgan fingerprint density at radius 2 is 2.17 bits per heavy atom. The molecule has 7 heteroatoms. The van der Waals surface area contributed by atoms with Crippen LogP contribution in [-0.2, 0) is 4.79 Å². The van der Waals surface area contributed by atoms with E-state index in [2.05, 4.69) is 0 Å². The Morgan fingerprint density at radius 1 is 1.50 bits per heavy atom. The summed E-state index contributed by atoms with van der Waals surface area (Å²) in [4.78, 5) is 31.1.